The van der Waals surface area contributed by atoms with Crippen LogP contribution in [0.5, 0.6) is 0 Å². The van der Waals surface area contributed by atoms with E-state index in [2.05, 4.69) is 0 Å². The monoisotopic (exact) mass is 264 g/mol. The second kappa shape index (κ2) is 4.78. The smallest absolute Gasteiger partial charge is 0.175 e. The Hall–Kier alpha value is -1.88. The average molecular weight is 264 g/mol. The molecule has 1 aromatic carbocycles. The molecule has 4 nitrogen and oxygen atoms in total. The van der Waals surface area contributed by atoms with Crippen molar-refractivity contribution in [3.05, 3.63) is 54.0 Å². The number of carbonyl (C=O) groups is 1. The van der Waals surface area contributed by atoms with Gasteiger partial charge in [0.25, 0.3) is 0 Å². The molecule has 0 bridgehead atoms. The summed E-state index contributed by atoms with van der Waals surface area (Å²) < 4.78 is 27.9. The Kier molecular flexibility index (Phi) is 3.34. The van der Waals surface area contributed by atoms with E-state index < -0.39 is 9.84 Å². The standard InChI is InChI=1S/C13H12O4S/c1-18(15,16)12-6-2-4-10(8-12)13(14)9-11-5-3-7-17-11/h2-8H,9H2,1H3. The molecule has 0 saturated heterocycles. The molecule has 5 heteroatoms. The fourth-order valence-corrected chi connectivity index (χ4v) is 2.24. The number of hydrogen-bond donors (Lipinski definition) is 0. The van der Waals surface area contributed by atoms with Crippen molar-refractivity contribution in [2.45, 2.75) is 11.3 Å². The summed E-state index contributed by atoms with van der Waals surface area (Å²) >= 11 is 0. The summed E-state index contributed by atoms with van der Waals surface area (Å²) in [6.07, 6.45) is 2.73. The molecular formula is C13H12O4S. The van der Waals surface area contributed by atoms with Gasteiger partial charge in [-0.2, -0.15) is 0 Å². The van der Waals surface area contributed by atoms with Crippen molar-refractivity contribution in [3.8, 4) is 0 Å². The van der Waals surface area contributed by atoms with E-state index in [4.69, 9.17) is 4.42 Å². The molecule has 0 N–H and O–H groups in total. The van der Waals surface area contributed by atoms with Gasteiger partial charge in [-0.25, -0.2) is 8.42 Å². The second-order valence-corrected chi connectivity index (χ2v) is 6.00. The van der Waals surface area contributed by atoms with Gasteiger partial charge in [0.2, 0.25) is 0 Å². The number of benzene rings is 1. The largest absolute Gasteiger partial charge is 0.469 e. The van der Waals surface area contributed by atoms with Gasteiger partial charge in [-0.3, -0.25) is 4.79 Å². The second-order valence-electron chi connectivity index (χ2n) is 3.98. The lowest BCUT2D eigenvalue weighted by molar-refractivity contribution is 0.0987. The third kappa shape index (κ3) is 2.87. The van der Waals surface area contributed by atoms with Gasteiger partial charge in [0.1, 0.15) is 5.76 Å². The number of rotatable bonds is 4. The fourth-order valence-electron chi connectivity index (χ4n) is 1.57. The molecular weight excluding hydrogens is 252 g/mol. The maximum atomic E-state index is 11.9. The van der Waals surface area contributed by atoms with E-state index in [1.165, 1.54) is 18.4 Å². The summed E-state index contributed by atoms with van der Waals surface area (Å²) in [6.45, 7) is 0. The highest BCUT2D eigenvalue weighted by Crippen LogP contribution is 2.14. The zero-order chi connectivity index (χ0) is 13.2. The molecule has 0 fully saturated rings. The van der Waals surface area contributed by atoms with Crippen molar-refractivity contribution in [3.63, 3.8) is 0 Å². The molecule has 0 aliphatic heterocycles. The molecule has 2 rings (SSSR count). The quantitative estimate of drug-likeness (QED) is 0.793. The van der Waals surface area contributed by atoms with E-state index in [1.807, 2.05) is 0 Å². The zero-order valence-corrected chi connectivity index (χ0v) is 10.6. The Bertz CT molecular complexity index is 654. The van der Waals surface area contributed by atoms with Crippen molar-refractivity contribution in [2.24, 2.45) is 0 Å². The molecule has 0 saturated carbocycles. The average Bonchev–Trinajstić information content (AvgIpc) is 2.81. The van der Waals surface area contributed by atoms with Crippen LogP contribution in [0, 0.1) is 0 Å². The SMILES string of the molecule is CS(=O)(=O)c1cccc(C(=O)Cc2ccco2)c1. The van der Waals surface area contributed by atoms with Crippen molar-refractivity contribution < 1.29 is 17.6 Å². The molecule has 0 spiro atoms. The molecule has 1 aromatic heterocycles. The summed E-state index contributed by atoms with van der Waals surface area (Å²) in [5.74, 6) is 0.389. The lowest BCUT2D eigenvalue weighted by Gasteiger charge is -2.02. The Morgan fingerprint density at radius 1 is 1.22 bits per heavy atom. The van der Waals surface area contributed by atoms with Crippen LogP contribution in [0.3, 0.4) is 0 Å². The van der Waals surface area contributed by atoms with Crippen molar-refractivity contribution in [1.82, 2.24) is 0 Å². The topological polar surface area (TPSA) is 64.3 Å². The number of furan rings is 1. The van der Waals surface area contributed by atoms with Gasteiger partial charge < -0.3 is 4.42 Å². The Morgan fingerprint density at radius 3 is 2.61 bits per heavy atom. The highest BCUT2D eigenvalue weighted by molar-refractivity contribution is 7.90. The highest BCUT2D eigenvalue weighted by Gasteiger charge is 2.12. The molecule has 1 heterocycles. The van der Waals surface area contributed by atoms with Crippen LogP contribution >= 0.6 is 0 Å². The molecule has 0 radical (unpaired) electrons. The predicted octanol–water partition coefficient (Wildman–Crippen LogP) is 2.11. The minimum Gasteiger partial charge on any atom is -0.469 e. The number of hydrogen-bond acceptors (Lipinski definition) is 4. The first-order valence-corrected chi connectivity index (χ1v) is 7.21. The summed E-state index contributed by atoms with van der Waals surface area (Å²) in [6, 6.07) is 9.43. The third-order valence-electron chi connectivity index (χ3n) is 2.50. The first-order valence-electron chi connectivity index (χ1n) is 5.32. The molecule has 0 aliphatic rings. The van der Waals surface area contributed by atoms with E-state index in [0.717, 1.165) is 6.26 Å². The normalized spacial score (nSPS) is 11.4. The zero-order valence-electron chi connectivity index (χ0n) is 9.79. The third-order valence-corrected chi connectivity index (χ3v) is 3.61. The van der Waals surface area contributed by atoms with Gasteiger partial charge in [-0.05, 0) is 24.3 Å². The van der Waals surface area contributed by atoms with Crippen molar-refractivity contribution in [2.75, 3.05) is 6.26 Å². The first kappa shape index (κ1) is 12.6. The number of ketones is 1. The molecule has 0 unspecified atom stereocenters. The van der Waals surface area contributed by atoms with E-state index in [9.17, 15) is 13.2 Å². The van der Waals surface area contributed by atoms with E-state index in [-0.39, 0.29) is 17.1 Å². The number of sulfone groups is 1. The Morgan fingerprint density at radius 2 is 2.00 bits per heavy atom. The number of carbonyl (C=O) groups excluding carboxylic acids is 1. The number of Topliss-reactive ketones (excluding diaryl/α,β-unsaturated/α-hetero) is 1. The van der Waals surface area contributed by atoms with Gasteiger partial charge in [-0.1, -0.05) is 12.1 Å². The molecule has 94 valence electrons. The van der Waals surface area contributed by atoms with E-state index >= 15 is 0 Å². The molecule has 2 aromatic rings. The van der Waals surface area contributed by atoms with Gasteiger partial charge in [0, 0.05) is 11.8 Å². The maximum absolute atomic E-state index is 11.9. The minimum atomic E-state index is -3.30. The molecule has 0 amide bonds. The lowest BCUT2D eigenvalue weighted by Crippen LogP contribution is -2.05. The van der Waals surface area contributed by atoms with Crippen LogP contribution in [0.4, 0.5) is 0 Å². The summed E-state index contributed by atoms with van der Waals surface area (Å²) in [4.78, 5) is 12.1. The Balaban J connectivity index is 2.26. The fraction of sp³-hybridized carbons (Fsp3) is 0.154. The van der Waals surface area contributed by atoms with E-state index in [0.29, 0.717) is 11.3 Å². The molecule has 0 atom stereocenters. The van der Waals surface area contributed by atoms with Crippen LogP contribution in [0.25, 0.3) is 0 Å². The molecule has 18 heavy (non-hydrogen) atoms. The van der Waals surface area contributed by atoms with Crippen LogP contribution in [0.1, 0.15) is 16.1 Å². The van der Waals surface area contributed by atoms with Crippen molar-refractivity contribution >= 4 is 15.6 Å². The van der Waals surface area contributed by atoms with Gasteiger partial charge in [-0.15, -0.1) is 0 Å². The Labute approximate surface area is 105 Å². The van der Waals surface area contributed by atoms with Gasteiger partial charge in [0.15, 0.2) is 15.6 Å². The first-order chi connectivity index (χ1) is 8.47. The maximum Gasteiger partial charge on any atom is 0.175 e. The summed E-state index contributed by atoms with van der Waals surface area (Å²) in [5, 5.41) is 0. The van der Waals surface area contributed by atoms with Gasteiger partial charge >= 0.3 is 0 Å². The highest BCUT2D eigenvalue weighted by atomic mass is 32.2. The summed E-state index contributed by atoms with van der Waals surface area (Å²) in [5.41, 5.74) is 0.370. The van der Waals surface area contributed by atoms with Crippen LogP contribution < -0.4 is 0 Å². The minimum absolute atomic E-state index is 0.125. The summed E-state index contributed by atoms with van der Waals surface area (Å²) in [7, 11) is -3.30. The van der Waals surface area contributed by atoms with Crippen LogP contribution in [-0.2, 0) is 16.3 Å². The van der Waals surface area contributed by atoms with Crippen LogP contribution in [-0.4, -0.2) is 20.5 Å². The van der Waals surface area contributed by atoms with Crippen LogP contribution in [0.15, 0.2) is 52.0 Å². The van der Waals surface area contributed by atoms with Crippen LogP contribution in [0.2, 0.25) is 0 Å². The molecule has 0 aliphatic carbocycles. The van der Waals surface area contributed by atoms with Gasteiger partial charge in [0.05, 0.1) is 17.6 Å². The van der Waals surface area contributed by atoms with Crippen molar-refractivity contribution in [1.29, 1.82) is 0 Å². The van der Waals surface area contributed by atoms with E-state index in [1.54, 1.807) is 24.3 Å². The lowest BCUT2D eigenvalue weighted by atomic mass is 10.1. The predicted molar refractivity (Wildman–Crippen MR) is 66.3 cm³/mol.